The number of carbonyl (C=O) groups is 1. The topological polar surface area (TPSA) is 59.1 Å². The van der Waals surface area contributed by atoms with Crippen molar-refractivity contribution in [2.45, 2.75) is 124 Å². The van der Waals surface area contributed by atoms with E-state index >= 15 is 0 Å². The third-order valence-corrected chi connectivity index (χ3v) is 12.7. The fourth-order valence-corrected chi connectivity index (χ4v) is 10.3. The molecule has 0 unspecified atom stereocenters. The molecule has 6 rings (SSSR count). The molecule has 4 nitrogen and oxygen atoms in total. The Balaban J connectivity index is 1.30. The van der Waals surface area contributed by atoms with E-state index in [-0.39, 0.29) is 45.4 Å². The summed E-state index contributed by atoms with van der Waals surface area (Å²) in [6, 6.07) is 0. The van der Waals surface area contributed by atoms with Gasteiger partial charge in [-0.3, -0.25) is 4.79 Å². The zero-order valence-corrected chi connectivity index (χ0v) is 22.4. The summed E-state index contributed by atoms with van der Waals surface area (Å²) in [6.07, 6.45) is 10.6. The average molecular weight is 471 g/mol. The normalized spacial score (nSPS) is 55.2. The van der Waals surface area contributed by atoms with Crippen LogP contribution in [0, 0.1) is 45.3 Å². The zero-order chi connectivity index (χ0) is 24.5. The van der Waals surface area contributed by atoms with Gasteiger partial charge in [-0.25, -0.2) is 0 Å². The van der Waals surface area contributed by atoms with Crippen molar-refractivity contribution in [3.8, 4) is 0 Å². The van der Waals surface area contributed by atoms with Gasteiger partial charge >= 0.3 is 0 Å². The molecule has 0 bridgehead atoms. The van der Waals surface area contributed by atoms with Gasteiger partial charge in [0.25, 0.3) is 0 Å². The van der Waals surface area contributed by atoms with Crippen molar-refractivity contribution in [2.24, 2.45) is 45.3 Å². The fourth-order valence-electron chi connectivity index (χ4n) is 10.3. The molecule has 6 aliphatic rings. The number of rotatable bonds is 2. The van der Waals surface area contributed by atoms with Crippen molar-refractivity contribution in [3.63, 3.8) is 0 Å². The molecule has 2 aliphatic heterocycles. The molecule has 2 heterocycles. The predicted octanol–water partition coefficient (Wildman–Crippen LogP) is 6.06. The standard InChI is InChI=1S/C30H46O4/c1-26(2)22-9-8-20-19(28(22,5)13-12-23(26)31)11-15-29(6)18(10-14-30(20,29)7)17-16-21(33-25(17)32)24-27(3,4)34-24/h8,17-19,21-22,24-25,32H,9-16H2,1-7H3/t17-,18-,19-,21+,22+,24-,25-,28+,29-,30+/m0/s1. The summed E-state index contributed by atoms with van der Waals surface area (Å²) < 4.78 is 12.0. The van der Waals surface area contributed by atoms with Crippen LogP contribution in [-0.2, 0) is 14.3 Å². The Morgan fingerprint density at radius 1 is 1.00 bits per heavy atom. The molecule has 10 atom stereocenters. The molecule has 0 amide bonds. The lowest BCUT2D eigenvalue weighted by Gasteiger charge is -2.63. The van der Waals surface area contributed by atoms with E-state index < -0.39 is 6.29 Å². The van der Waals surface area contributed by atoms with Gasteiger partial charge in [0.15, 0.2) is 6.29 Å². The first-order valence-electron chi connectivity index (χ1n) is 14.0. The Labute approximate surface area is 206 Å². The van der Waals surface area contributed by atoms with Gasteiger partial charge in [-0.1, -0.05) is 46.3 Å². The van der Waals surface area contributed by atoms with Gasteiger partial charge in [0.2, 0.25) is 0 Å². The quantitative estimate of drug-likeness (QED) is 0.393. The molecular weight excluding hydrogens is 424 g/mol. The Bertz CT molecular complexity index is 934. The first-order chi connectivity index (χ1) is 15.8. The molecule has 0 spiro atoms. The highest BCUT2D eigenvalue weighted by atomic mass is 16.7. The van der Waals surface area contributed by atoms with Crippen LogP contribution in [0.4, 0.5) is 0 Å². The first-order valence-corrected chi connectivity index (χ1v) is 14.0. The lowest BCUT2D eigenvalue weighted by molar-refractivity contribution is -0.147. The van der Waals surface area contributed by atoms with Gasteiger partial charge < -0.3 is 14.6 Å². The van der Waals surface area contributed by atoms with E-state index in [1.54, 1.807) is 5.57 Å². The van der Waals surface area contributed by atoms with Crippen LogP contribution in [0.5, 0.6) is 0 Å². The van der Waals surface area contributed by atoms with E-state index in [1.807, 2.05) is 0 Å². The molecule has 0 aromatic rings. The van der Waals surface area contributed by atoms with Gasteiger partial charge in [0, 0.05) is 17.8 Å². The van der Waals surface area contributed by atoms with E-state index in [9.17, 15) is 9.90 Å². The number of hydrogen-bond donors (Lipinski definition) is 1. The van der Waals surface area contributed by atoms with Gasteiger partial charge in [-0.15, -0.1) is 0 Å². The van der Waals surface area contributed by atoms with Crippen LogP contribution in [0.2, 0.25) is 0 Å². The van der Waals surface area contributed by atoms with Crippen LogP contribution in [0.25, 0.3) is 0 Å². The Morgan fingerprint density at radius 3 is 2.38 bits per heavy atom. The van der Waals surface area contributed by atoms with Crippen LogP contribution >= 0.6 is 0 Å². The number of Topliss-reactive ketones (excluding diaryl/α,β-unsaturated/α-hetero) is 1. The van der Waals surface area contributed by atoms with Gasteiger partial charge in [-0.2, -0.15) is 0 Å². The SMILES string of the molecule is CC1(C)O[C@H]1[C@H]1C[C@@H]([C@@H]2CC[C@]3(C)C4=CC[C@@H]5C(C)(C)C(=O)CC[C@]5(C)[C@H]4CC[C@@]23C)[C@@H](O)O1. The lowest BCUT2D eigenvalue weighted by Crippen LogP contribution is -2.57. The number of aliphatic hydroxyl groups excluding tert-OH is 1. The highest BCUT2D eigenvalue weighted by Gasteiger charge is 2.67. The number of ether oxygens (including phenoxy) is 2. The predicted molar refractivity (Wildman–Crippen MR) is 132 cm³/mol. The van der Waals surface area contributed by atoms with E-state index in [4.69, 9.17) is 9.47 Å². The molecule has 4 heteroatoms. The summed E-state index contributed by atoms with van der Waals surface area (Å²) in [6.45, 7) is 16.2. The summed E-state index contributed by atoms with van der Waals surface area (Å²) in [5.41, 5.74) is 1.95. The molecule has 5 fully saturated rings. The van der Waals surface area contributed by atoms with E-state index in [1.165, 1.54) is 25.7 Å². The van der Waals surface area contributed by atoms with Crippen molar-refractivity contribution in [3.05, 3.63) is 11.6 Å². The third-order valence-electron chi connectivity index (χ3n) is 12.7. The zero-order valence-electron chi connectivity index (χ0n) is 22.4. The van der Waals surface area contributed by atoms with Crippen molar-refractivity contribution in [1.29, 1.82) is 0 Å². The maximum absolute atomic E-state index is 12.8. The van der Waals surface area contributed by atoms with Crippen LogP contribution in [0.3, 0.4) is 0 Å². The number of ketones is 1. The van der Waals surface area contributed by atoms with E-state index in [2.05, 4.69) is 54.5 Å². The smallest absolute Gasteiger partial charge is 0.158 e. The molecule has 0 aromatic carbocycles. The van der Waals surface area contributed by atoms with E-state index in [0.717, 1.165) is 25.7 Å². The Morgan fingerprint density at radius 2 is 1.71 bits per heavy atom. The summed E-state index contributed by atoms with van der Waals surface area (Å²) in [5.74, 6) is 2.19. The van der Waals surface area contributed by atoms with Gasteiger partial charge in [0.05, 0.1) is 11.7 Å². The number of epoxide rings is 1. The maximum Gasteiger partial charge on any atom is 0.158 e. The van der Waals surface area contributed by atoms with Crippen molar-refractivity contribution in [1.82, 2.24) is 0 Å². The second-order valence-electron chi connectivity index (χ2n) is 14.7. The first kappa shape index (κ1) is 23.7. The summed E-state index contributed by atoms with van der Waals surface area (Å²) >= 11 is 0. The lowest BCUT2D eigenvalue weighted by atomic mass is 9.41. The molecule has 2 saturated heterocycles. The molecule has 34 heavy (non-hydrogen) atoms. The Kier molecular flexibility index (Phi) is 4.86. The summed E-state index contributed by atoms with van der Waals surface area (Å²) in [5, 5.41) is 11.0. The van der Waals surface area contributed by atoms with Crippen LogP contribution < -0.4 is 0 Å². The molecule has 1 N–H and O–H groups in total. The second-order valence-corrected chi connectivity index (χ2v) is 14.7. The third kappa shape index (κ3) is 2.85. The van der Waals surface area contributed by atoms with Gasteiger partial charge in [0.1, 0.15) is 11.9 Å². The minimum atomic E-state index is -0.667. The summed E-state index contributed by atoms with van der Waals surface area (Å²) in [4.78, 5) is 12.8. The highest BCUT2D eigenvalue weighted by Crippen LogP contribution is 2.73. The largest absolute Gasteiger partial charge is 0.368 e. The Hall–Kier alpha value is -0.710. The minimum absolute atomic E-state index is 0.0253. The fraction of sp³-hybridized carbons (Fsp3) is 0.900. The van der Waals surface area contributed by atoms with Gasteiger partial charge in [-0.05, 0) is 92.8 Å². The monoisotopic (exact) mass is 470 g/mol. The number of carbonyl (C=O) groups excluding carboxylic acids is 1. The molecule has 4 aliphatic carbocycles. The number of fused-ring (bicyclic) bond motifs is 5. The second kappa shape index (κ2) is 6.98. The van der Waals surface area contributed by atoms with E-state index in [0.29, 0.717) is 23.5 Å². The van der Waals surface area contributed by atoms with Crippen molar-refractivity contribution < 1.29 is 19.4 Å². The van der Waals surface area contributed by atoms with Crippen molar-refractivity contribution >= 4 is 5.78 Å². The van der Waals surface area contributed by atoms with Crippen LogP contribution in [-0.4, -0.2) is 35.0 Å². The number of aliphatic hydroxyl groups is 1. The molecule has 0 aromatic heterocycles. The van der Waals surface area contributed by atoms with Crippen molar-refractivity contribution in [2.75, 3.05) is 0 Å². The summed E-state index contributed by atoms with van der Waals surface area (Å²) in [7, 11) is 0. The average Bonchev–Trinajstić information content (AvgIpc) is 3.08. The molecule has 3 saturated carbocycles. The van der Waals surface area contributed by atoms with Crippen LogP contribution in [0.1, 0.15) is 99.8 Å². The highest BCUT2D eigenvalue weighted by molar-refractivity contribution is 5.85. The minimum Gasteiger partial charge on any atom is -0.368 e. The molecular formula is C30H46O4. The molecule has 190 valence electrons. The molecule has 0 radical (unpaired) electrons. The number of hydrogen-bond acceptors (Lipinski definition) is 4. The van der Waals surface area contributed by atoms with Crippen LogP contribution in [0.15, 0.2) is 11.6 Å². The number of allylic oxidation sites excluding steroid dienone is 2. The maximum atomic E-state index is 12.8.